The molecule has 0 nitrogen and oxygen atoms in total. The summed E-state index contributed by atoms with van der Waals surface area (Å²) in [4.78, 5) is 0. The average molecular weight is 186 g/mol. The molecule has 72 valence electrons. The highest BCUT2D eigenvalue weighted by Crippen LogP contribution is 2.40. The maximum atomic E-state index is 2.47. The van der Waals surface area contributed by atoms with Crippen LogP contribution in [0.4, 0.5) is 0 Å². The first-order chi connectivity index (χ1) is 5.79. The summed E-state index contributed by atoms with van der Waals surface area (Å²) in [5.74, 6) is 4.46. The fourth-order valence-corrected chi connectivity index (χ4v) is 3.46. The monoisotopic (exact) mass is 186 g/mol. The van der Waals surface area contributed by atoms with Crippen molar-refractivity contribution in [3.63, 3.8) is 0 Å². The number of rotatable bonds is 4. The summed E-state index contributed by atoms with van der Waals surface area (Å²) >= 11 is 2.02. The second-order valence-corrected chi connectivity index (χ2v) is 5.11. The Labute approximate surface area is 81.5 Å². The van der Waals surface area contributed by atoms with E-state index in [4.69, 9.17) is 0 Å². The van der Waals surface area contributed by atoms with E-state index in [1.807, 2.05) is 11.8 Å². The number of thioether (sulfide) groups is 1. The van der Waals surface area contributed by atoms with Crippen LogP contribution < -0.4 is 0 Å². The largest absolute Gasteiger partial charge is 0.165 e. The molecule has 3 atom stereocenters. The van der Waals surface area contributed by atoms with Crippen molar-refractivity contribution in [3.05, 3.63) is 0 Å². The zero-order valence-electron chi connectivity index (χ0n) is 8.68. The van der Waals surface area contributed by atoms with E-state index in [-0.39, 0.29) is 0 Å². The van der Waals surface area contributed by atoms with Crippen molar-refractivity contribution in [3.8, 4) is 0 Å². The van der Waals surface area contributed by atoms with Crippen molar-refractivity contribution in [1.29, 1.82) is 0 Å². The third-order valence-corrected chi connectivity index (χ3v) is 4.20. The third kappa shape index (κ3) is 2.42. The zero-order chi connectivity index (χ0) is 8.97. The second kappa shape index (κ2) is 5.16. The SMILES string of the molecule is CCCC1CCC(CSC)C1C. The summed E-state index contributed by atoms with van der Waals surface area (Å²) in [7, 11) is 0. The summed E-state index contributed by atoms with van der Waals surface area (Å²) in [6, 6.07) is 0. The quantitative estimate of drug-likeness (QED) is 0.643. The molecular weight excluding hydrogens is 164 g/mol. The van der Waals surface area contributed by atoms with Crippen LogP contribution in [0.2, 0.25) is 0 Å². The Morgan fingerprint density at radius 2 is 1.92 bits per heavy atom. The molecular formula is C11H22S. The lowest BCUT2D eigenvalue weighted by atomic mass is 9.89. The first kappa shape index (κ1) is 10.4. The molecule has 1 heteroatoms. The third-order valence-electron chi connectivity index (χ3n) is 3.44. The molecule has 3 unspecified atom stereocenters. The lowest BCUT2D eigenvalue weighted by Crippen LogP contribution is -2.12. The highest BCUT2D eigenvalue weighted by molar-refractivity contribution is 7.98. The normalized spacial score (nSPS) is 35.8. The maximum Gasteiger partial charge on any atom is -0.00393 e. The molecule has 0 spiro atoms. The van der Waals surface area contributed by atoms with Crippen molar-refractivity contribution in [2.24, 2.45) is 17.8 Å². The first-order valence-electron chi connectivity index (χ1n) is 5.28. The van der Waals surface area contributed by atoms with Gasteiger partial charge < -0.3 is 0 Å². The fraction of sp³-hybridized carbons (Fsp3) is 1.00. The second-order valence-electron chi connectivity index (χ2n) is 4.20. The number of hydrogen-bond acceptors (Lipinski definition) is 1. The summed E-state index contributed by atoms with van der Waals surface area (Å²) in [5.41, 5.74) is 0. The van der Waals surface area contributed by atoms with Gasteiger partial charge in [-0.15, -0.1) is 0 Å². The molecule has 0 aliphatic heterocycles. The molecule has 0 saturated heterocycles. The lowest BCUT2D eigenvalue weighted by molar-refractivity contribution is 0.341. The molecule has 0 amide bonds. The Hall–Kier alpha value is 0.350. The van der Waals surface area contributed by atoms with E-state index in [2.05, 4.69) is 20.1 Å². The highest BCUT2D eigenvalue weighted by Gasteiger charge is 2.31. The maximum absolute atomic E-state index is 2.47. The van der Waals surface area contributed by atoms with Gasteiger partial charge in [0.05, 0.1) is 0 Å². The molecule has 12 heavy (non-hydrogen) atoms. The van der Waals surface area contributed by atoms with E-state index in [0.717, 1.165) is 17.8 Å². The van der Waals surface area contributed by atoms with Crippen molar-refractivity contribution in [1.82, 2.24) is 0 Å². The van der Waals surface area contributed by atoms with Crippen molar-refractivity contribution in [2.75, 3.05) is 12.0 Å². The van der Waals surface area contributed by atoms with Crippen LogP contribution in [0.15, 0.2) is 0 Å². The van der Waals surface area contributed by atoms with Gasteiger partial charge >= 0.3 is 0 Å². The van der Waals surface area contributed by atoms with Crippen LogP contribution in [0.25, 0.3) is 0 Å². The molecule has 0 N–H and O–H groups in total. The van der Waals surface area contributed by atoms with Gasteiger partial charge in [-0.1, -0.05) is 26.7 Å². The van der Waals surface area contributed by atoms with Crippen LogP contribution >= 0.6 is 11.8 Å². The van der Waals surface area contributed by atoms with E-state index >= 15 is 0 Å². The Bertz CT molecular complexity index is 108. The van der Waals surface area contributed by atoms with E-state index in [1.165, 1.54) is 31.4 Å². The Morgan fingerprint density at radius 3 is 2.50 bits per heavy atom. The van der Waals surface area contributed by atoms with Gasteiger partial charge in [-0.25, -0.2) is 0 Å². The summed E-state index contributed by atoms with van der Waals surface area (Å²) in [5, 5.41) is 0. The average Bonchev–Trinajstić information content (AvgIpc) is 2.38. The van der Waals surface area contributed by atoms with E-state index in [9.17, 15) is 0 Å². The van der Waals surface area contributed by atoms with Crippen LogP contribution in [0.1, 0.15) is 39.5 Å². The van der Waals surface area contributed by atoms with Gasteiger partial charge in [0.25, 0.3) is 0 Å². The van der Waals surface area contributed by atoms with Crippen LogP contribution in [-0.4, -0.2) is 12.0 Å². The van der Waals surface area contributed by atoms with Gasteiger partial charge in [-0.2, -0.15) is 11.8 Å². The van der Waals surface area contributed by atoms with Gasteiger partial charge in [0, 0.05) is 0 Å². The molecule has 1 aliphatic rings. The topological polar surface area (TPSA) is 0 Å². The number of hydrogen-bond donors (Lipinski definition) is 0. The van der Waals surface area contributed by atoms with Gasteiger partial charge in [-0.05, 0) is 42.6 Å². The molecule has 1 saturated carbocycles. The van der Waals surface area contributed by atoms with Crippen molar-refractivity contribution >= 4 is 11.8 Å². The standard InChI is InChI=1S/C11H22S/c1-4-5-10-6-7-11(8-12-3)9(10)2/h9-11H,4-8H2,1-3H3. The minimum absolute atomic E-state index is 0.998. The highest BCUT2D eigenvalue weighted by atomic mass is 32.2. The molecule has 0 radical (unpaired) electrons. The molecule has 0 heterocycles. The Kier molecular flexibility index (Phi) is 4.49. The predicted molar refractivity (Wildman–Crippen MR) is 58.7 cm³/mol. The van der Waals surface area contributed by atoms with E-state index < -0.39 is 0 Å². The zero-order valence-corrected chi connectivity index (χ0v) is 9.49. The van der Waals surface area contributed by atoms with Crippen LogP contribution in [0.3, 0.4) is 0 Å². The van der Waals surface area contributed by atoms with Crippen LogP contribution in [0, 0.1) is 17.8 Å². The minimum Gasteiger partial charge on any atom is -0.165 e. The summed E-state index contributed by atoms with van der Waals surface area (Å²) < 4.78 is 0. The minimum atomic E-state index is 0.998. The van der Waals surface area contributed by atoms with Crippen molar-refractivity contribution < 1.29 is 0 Å². The fourth-order valence-electron chi connectivity index (χ4n) is 2.57. The Morgan fingerprint density at radius 1 is 1.25 bits per heavy atom. The molecule has 0 aromatic heterocycles. The van der Waals surface area contributed by atoms with E-state index in [0.29, 0.717) is 0 Å². The van der Waals surface area contributed by atoms with Gasteiger partial charge in [0.2, 0.25) is 0 Å². The first-order valence-corrected chi connectivity index (χ1v) is 6.67. The van der Waals surface area contributed by atoms with Crippen LogP contribution in [-0.2, 0) is 0 Å². The molecule has 0 bridgehead atoms. The predicted octanol–water partition coefficient (Wildman–Crippen LogP) is 3.81. The van der Waals surface area contributed by atoms with Crippen LogP contribution in [0.5, 0.6) is 0 Å². The lowest BCUT2D eigenvalue weighted by Gasteiger charge is -2.19. The molecule has 0 aromatic carbocycles. The summed E-state index contributed by atoms with van der Waals surface area (Å²) in [6.45, 7) is 4.78. The molecule has 1 aliphatic carbocycles. The van der Waals surface area contributed by atoms with Gasteiger partial charge in [-0.3, -0.25) is 0 Å². The van der Waals surface area contributed by atoms with Gasteiger partial charge in [0.1, 0.15) is 0 Å². The van der Waals surface area contributed by atoms with Crippen molar-refractivity contribution in [2.45, 2.75) is 39.5 Å². The molecule has 1 rings (SSSR count). The molecule has 0 aromatic rings. The molecule has 1 fully saturated rings. The van der Waals surface area contributed by atoms with E-state index in [1.54, 1.807) is 0 Å². The van der Waals surface area contributed by atoms with Gasteiger partial charge in [0.15, 0.2) is 0 Å². The summed E-state index contributed by atoms with van der Waals surface area (Å²) in [6.07, 6.45) is 8.07. The Balaban J connectivity index is 2.32. The smallest absolute Gasteiger partial charge is 0.00393 e.